The Kier molecular flexibility index (Phi) is 8.17. The van der Waals surface area contributed by atoms with Crippen molar-refractivity contribution < 1.29 is 27.8 Å². The molecule has 1 aliphatic rings. The predicted molar refractivity (Wildman–Crippen MR) is 137 cm³/mol. The van der Waals surface area contributed by atoms with E-state index in [-0.39, 0.29) is 23.0 Å². The lowest BCUT2D eigenvalue weighted by atomic mass is 9.97. The number of likely N-dealkylation sites (N-methyl/N-ethyl adjacent to an activating group) is 1. The topological polar surface area (TPSA) is 73.5 Å². The Balaban J connectivity index is 1.63. The van der Waals surface area contributed by atoms with Crippen molar-refractivity contribution in [1.82, 2.24) is 20.0 Å². The van der Waals surface area contributed by atoms with Crippen molar-refractivity contribution in [2.75, 3.05) is 19.6 Å². The largest absolute Gasteiger partial charge is 0.420 e. The molecule has 0 saturated carbocycles. The number of hydrogen-bond acceptors (Lipinski definition) is 5. The second-order valence-corrected chi connectivity index (χ2v) is 9.91. The van der Waals surface area contributed by atoms with Crippen LogP contribution in [-0.2, 0) is 0 Å². The SMILES string of the molecule is CCN(CC(O)(CNC1=c2cnn(-c3ccc(F)cc3)c2=CC(C)C1)C(F)(F)F)C(O)c1ccccc1Cl. The lowest BCUT2D eigenvalue weighted by Crippen LogP contribution is -2.59. The molecular weight excluding hydrogens is 524 g/mol. The van der Waals surface area contributed by atoms with Gasteiger partial charge in [-0.2, -0.15) is 18.3 Å². The third kappa shape index (κ3) is 5.73. The first-order valence-corrected chi connectivity index (χ1v) is 12.6. The Bertz CT molecular complexity index is 1390. The fourth-order valence-electron chi connectivity index (χ4n) is 4.55. The van der Waals surface area contributed by atoms with Crippen molar-refractivity contribution in [2.45, 2.75) is 38.3 Å². The number of halogens is 5. The summed E-state index contributed by atoms with van der Waals surface area (Å²) in [5.41, 5.74) is -1.83. The highest BCUT2D eigenvalue weighted by atomic mass is 35.5. The van der Waals surface area contributed by atoms with Gasteiger partial charge < -0.3 is 15.5 Å². The quantitative estimate of drug-likeness (QED) is 0.280. The molecule has 204 valence electrons. The molecule has 4 rings (SSSR count). The molecular formula is C27H29ClF4N4O2. The highest BCUT2D eigenvalue weighted by molar-refractivity contribution is 6.31. The molecule has 1 heterocycles. The van der Waals surface area contributed by atoms with Crippen LogP contribution in [0, 0.1) is 11.7 Å². The summed E-state index contributed by atoms with van der Waals surface area (Å²) in [6.07, 6.45) is -2.54. The molecule has 0 saturated heterocycles. The standard InChI is InChI=1S/C27H29ClF4N4O2/c1-3-35(25(37)20-6-4-5-7-22(20)28)16-26(38,27(30,31)32)15-33-23-12-17(2)13-24-21(23)14-34-36(24)19-10-8-18(29)9-11-19/h4-11,13-14,17,25,33,37-38H,3,12,15-16H2,1-2H3. The van der Waals surface area contributed by atoms with Crippen molar-refractivity contribution in [1.29, 1.82) is 0 Å². The lowest BCUT2D eigenvalue weighted by Gasteiger charge is -2.38. The number of nitrogens with zero attached hydrogens (tertiary/aromatic N) is 3. The van der Waals surface area contributed by atoms with E-state index in [4.69, 9.17) is 11.6 Å². The summed E-state index contributed by atoms with van der Waals surface area (Å²) in [6.45, 7) is 1.81. The predicted octanol–water partition coefficient (Wildman–Crippen LogP) is 3.49. The molecule has 2 aromatic carbocycles. The van der Waals surface area contributed by atoms with Gasteiger partial charge in [0.05, 0.1) is 23.8 Å². The number of nitrogens with one attached hydrogen (secondary N) is 1. The van der Waals surface area contributed by atoms with Gasteiger partial charge in [0, 0.05) is 28.0 Å². The minimum atomic E-state index is -5.00. The Morgan fingerprint density at radius 1 is 1.18 bits per heavy atom. The molecule has 0 spiro atoms. The zero-order valence-electron chi connectivity index (χ0n) is 20.9. The average Bonchev–Trinajstić information content (AvgIpc) is 3.29. The molecule has 3 unspecified atom stereocenters. The number of aliphatic hydroxyl groups excluding tert-OH is 1. The van der Waals surface area contributed by atoms with Crippen LogP contribution >= 0.6 is 11.6 Å². The van der Waals surface area contributed by atoms with Gasteiger partial charge in [-0.15, -0.1) is 0 Å². The molecule has 3 atom stereocenters. The van der Waals surface area contributed by atoms with Crippen LogP contribution in [0.3, 0.4) is 0 Å². The monoisotopic (exact) mass is 552 g/mol. The van der Waals surface area contributed by atoms with E-state index in [0.29, 0.717) is 28.4 Å². The second-order valence-electron chi connectivity index (χ2n) is 9.50. The van der Waals surface area contributed by atoms with Crippen LogP contribution in [0.15, 0.2) is 54.7 Å². The van der Waals surface area contributed by atoms with E-state index >= 15 is 0 Å². The average molecular weight is 553 g/mol. The van der Waals surface area contributed by atoms with Crippen molar-refractivity contribution in [3.8, 4) is 5.69 Å². The van der Waals surface area contributed by atoms with E-state index in [9.17, 15) is 27.8 Å². The Labute approximate surface area is 222 Å². The fourth-order valence-corrected chi connectivity index (χ4v) is 4.79. The maximum Gasteiger partial charge on any atom is 0.420 e. The molecule has 0 bridgehead atoms. The van der Waals surface area contributed by atoms with Crippen molar-refractivity contribution >= 4 is 23.4 Å². The van der Waals surface area contributed by atoms with E-state index < -0.39 is 36.9 Å². The van der Waals surface area contributed by atoms with E-state index in [1.54, 1.807) is 35.9 Å². The molecule has 0 amide bonds. The number of fused-ring (bicyclic) bond motifs is 1. The highest BCUT2D eigenvalue weighted by Crippen LogP contribution is 2.34. The number of alkyl halides is 3. The van der Waals surface area contributed by atoms with Crippen LogP contribution in [0.4, 0.5) is 17.6 Å². The molecule has 3 N–H and O–H groups in total. The first-order chi connectivity index (χ1) is 17.9. The zero-order chi connectivity index (χ0) is 27.7. The van der Waals surface area contributed by atoms with Gasteiger partial charge in [-0.05, 0) is 49.2 Å². The van der Waals surface area contributed by atoms with Crippen LogP contribution < -0.4 is 15.9 Å². The smallest absolute Gasteiger partial charge is 0.384 e. The molecule has 11 heteroatoms. The second kappa shape index (κ2) is 11.1. The fraction of sp³-hybridized carbons (Fsp3) is 0.370. The third-order valence-electron chi connectivity index (χ3n) is 6.69. The van der Waals surface area contributed by atoms with E-state index in [1.807, 2.05) is 13.0 Å². The van der Waals surface area contributed by atoms with E-state index in [0.717, 1.165) is 4.90 Å². The van der Waals surface area contributed by atoms with Crippen LogP contribution in [0.25, 0.3) is 17.5 Å². The number of aromatic nitrogens is 2. The summed E-state index contributed by atoms with van der Waals surface area (Å²) in [5, 5.41) is 30.4. The summed E-state index contributed by atoms with van der Waals surface area (Å²) in [6, 6.07) is 12.1. The molecule has 3 aromatic rings. The number of aliphatic hydroxyl groups is 2. The summed E-state index contributed by atoms with van der Waals surface area (Å²) < 4.78 is 57.7. The minimum absolute atomic E-state index is 0.0297. The van der Waals surface area contributed by atoms with Gasteiger partial charge in [0.25, 0.3) is 0 Å². The van der Waals surface area contributed by atoms with E-state index in [1.165, 1.54) is 30.5 Å². The summed E-state index contributed by atoms with van der Waals surface area (Å²) in [4.78, 5) is 1.12. The number of hydrogen-bond donors (Lipinski definition) is 3. The maximum atomic E-state index is 14.2. The molecule has 1 aromatic heterocycles. The number of benzene rings is 2. The van der Waals surface area contributed by atoms with Gasteiger partial charge >= 0.3 is 6.18 Å². The van der Waals surface area contributed by atoms with Gasteiger partial charge in [0.2, 0.25) is 0 Å². The van der Waals surface area contributed by atoms with Crippen LogP contribution in [0.2, 0.25) is 5.02 Å². The molecule has 0 radical (unpaired) electrons. The van der Waals surface area contributed by atoms with Crippen LogP contribution in [-0.4, -0.2) is 56.3 Å². The molecule has 38 heavy (non-hydrogen) atoms. The summed E-state index contributed by atoms with van der Waals surface area (Å²) in [5.74, 6) is -0.428. The van der Waals surface area contributed by atoms with Crippen LogP contribution in [0.5, 0.6) is 0 Å². The third-order valence-corrected chi connectivity index (χ3v) is 7.04. The van der Waals surface area contributed by atoms with E-state index in [2.05, 4.69) is 10.4 Å². The molecule has 1 aliphatic carbocycles. The molecule has 6 nitrogen and oxygen atoms in total. The van der Waals surface area contributed by atoms with Gasteiger partial charge in [0.15, 0.2) is 5.60 Å². The van der Waals surface area contributed by atoms with Gasteiger partial charge in [-0.3, -0.25) is 4.90 Å². The first-order valence-electron chi connectivity index (χ1n) is 12.2. The molecule has 0 fully saturated rings. The van der Waals surface area contributed by atoms with Crippen molar-refractivity contribution in [3.05, 3.63) is 81.7 Å². The first kappa shape index (κ1) is 28.1. The lowest BCUT2D eigenvalue weighted by molar-refractivity contribution is -0.266. The van der Waals surface area contributed by atoms with Gasteiger partial charge in [-0.1, -0.05) is 49.7 Å². The van der Waals surface area contributed by atoms with Crippen molar-refractivity contribution in [2.24, 2.45) is 5.92 Å². The minimum Gasteiger partial charge on any atom is -0.384 e. The number of rotatable bonds is 9. The maximum absolute atomic E-state index is 14.2. The molecule has 0 aliphatic heterocycles. The Hall–Kier alpha value is -2.92. The summed E-state index contributed by atoms with van der Waals surface area (Å²) >= 11 is 6.14. The van der Waals surface area contributed by atoms with Crippen molar-refractivity contribution in [3.63, 3.8) is 0 Å². The Morgan fingerprint density at radius 2 is 1.87 bits per heavy atom. The highest BCUT2D eigenvalue weighted by Gasteiger charge is 2.55. The zero-order valence-corrected chi connectivity index (χ0v) is 21.6. The van der Waals surface area contributed by atoms with Crippen LogP contribution in [0.1, 0.15) is 32.1 Å². The summed E-state index contributed by atoms with van der Waals surface area (Å²) in [7, 11) is 0. The Morgan fingerprint density at radius 3 is 2.50 bits per heavy atom. The van der Waals surface area contributed by atoms with Gasteiger partial charge in [0.1, 0.15) is 12.0 Å². The van der Waals surface area contributed by atoms with Gasteiger partial charge in [-0.25, -0.2) is 9.07 Å². The normalized spacial score (nSPS) is 18.1.